The third-order valence-electron chi connectivity index (χ3n) is 4.60. The number of hydrogen-bond donors (Lipinski definition) is 0. The van der Waals surface area contributed by atoms with Gasteiger partial charge in [-0.1, -0.05) is 0 Å². The van der Waals surface area contributed by atoms with E-state index in [1.54, 1.807) is 12.3 Å². The van der Waals surface area contributed by atoms with Crippen molar-refractivity contribution in [1.29, 1.82) is 0 Å². The number of nitrogens with zero attached hydrogens (tertiary/aromatic N) is 2. The molecule has 3 rings (SSSR count). The van der Waals surface area contributed by atoms with Gasteiger partial charge in [0.2, 0.25) is 0 Å². The fourth-order valence-corrected chi connectivity index (χ4v) is 3.21. The van der Waals surface area contributed by atoms with Crippen LogP contribution in [0.2, 0.25) is 0 Å². The standard InChI is InChI=1S/C18H27FN2O3/c19-16-5-3-9-20-18(16)24-15-7-11-21(12-8-15)10-4-14-23-17-6-1-2-13-22-17/h3,5,9,15,17H,1-2,4,6-8,10-14H2/t17-/m1/s1. The predicted octanol–water partition coefficient (Wildman–Crippen LogP) is 3.00. The Kier molecular flexibility index (Phi) is 6.81. The molecule has 0 amide bonds. The lowest BCUT2D eigenvalue weighted by atomic mass is 10.1. The fraction of sp³-hybridized carbons (Fsp3) is 0.722. The normalized spacial score (nSPS) is 23.3. The van der Waals surface area contributed by atoms with Crippen molar-refractivity contribution in [2.75, 3.05) is 32.8 Å². The predicted molar refractivity (Wildman–Crippen MR) is 88.4 cm³/mol. The molecule has 24 heavy (non-hydrogen) atoms. The average Bonchev–Trinajstić information content (AvgIpc) is 2.63. The number of piperidine rings is 1. The first-order valence-electron chi connectivity index (χ1n) is 9.04. The van der Waals surface area contributed by atoms with Gasteiger partial charge in [0.25, 0.3) is 5.88 Å². The Balaban J connectivity index is 1.28. The van der Waals surface area contributed by atoms with Crippen LogP contribution in [0.15, 0.2) is 18.3 Å². The number of aromatic nitrogens is 1. The molecule has 0 spiro atoms. The average molecular weight is 338 g/mol. The summed E-state index contributed by atoms with van der Waals surface area (Å²) in [5.74, 6) is -0.265. The maximum atomic E-state index is 13.6. The molecular formula is C18H27FN2O3. The third kappa shape index (κ3) is 5.40. The Labute approximate surface area is 143 Å². The highest BCUT2D eigenvalue weighted by Gasteiger charge is 2.22. The van der Waals surface area contributed by atoms with Gasteiger partial charge in [0.1, 0.15) is 6.10 Å². The van der Waals surface area contributed by atoms with E-state index in [0.717, 1.165) is 65.0 Å². The van der Waals surface area contributed by atoms with E-state index in [4.69, 9.17) is 14.2 Å². The molecule has 5 nitrogen and oxygen atoms in total. The molecule has 2 aliphatic rings. The second-order valence-electron chi connectivity index (χ2n) is 6.47. The molecule has 2 aliphatic heterocycles. The lowest BCUT2D eigenvalue weighted by Gasteiger charge is -2.32. The second-order valence-corrected chi connectivity index (χ2v) is 6.47. The molecular weight excluding hydrogens is 311 g/mol. The second kappa shape index (κ2) is 9.30. The molecule has 0 saturated carbocycles. The van der Waals surface area contributed by atoms with Gasteiger partial charge in [0, 0.05) is 32.4 Å². The van der Waals surface area contributed by atoms with Crippen molar-refractivity contribution < 1.29 is 18.6 Å². The van der Waals surface area contributed by atoms with Crippen molar-refractivity contribution in [3.8, 4) is 5.88 Å². The quantitative estimate of drug-likeness (QED) is 0.715. The molecule has 2 fully saturated rings. The van der Waals surface area contributed by atoms with E-state index in [1.807, 2.05) is 0 Å². The molecule has 134 valence electrons. The van der Waals surface area contributed by atoms with E-state index in [0.29, 0.717) is 0 Å². The molecule has 0 aromatic carbocycles. The van der Waals surface area contributed by atoms with Gasteiger partial charge in [-0.25, -0.2) is 9.37 Å². The summed E-state index contributed by atoms with van der Waals surface area (Å²) in [5, 5.41) is 0. The Hall–Kier alpha value is -1.24. The van der Waals surface area contributed by atoms with Gasteiger partial charge < -0.3 is 19.1 Å². The summed E-state index contributed by atoms with van der Waals surface area (Å²) in [7, 11) is 0. The zero-order chi connectivity index (χ0) is 16.6. The van der Waals surface area contributed by atoms with Crippen molar-refractivity contribution in [3.63, 3.8) is 0 Å². The van der Waals surface area contributed by atoms with Crippen molar-refractivity contribution in [2.24, 2.45) is 0 Å². The van der Waals surface area contributed by atoms with Crippen molar-refractivity contribution in [3.05, 3.63) is 24.1 Å². The summed E-state index contributed by atoms with van der Waals surface area (Å²) in [6, 6.07) is 2.96. The van der Waals surface area contributed by atoms with E-state index >= 15 is 0 Å². The molecule has 1 aromatic heterocycles. The van der Waals surface area contributed by atoms with Gasteiger partial charge >= 0.3 is 0 Å². The maximum Gasteiger partial charge on any atom is 0.250 e. The number of halogens is 1. The molecule has 2 saturated heterocycles. The smallest absolute Gasteiger partial charge is 0.250 e. The van der Waals surface area contributed by atoms with Crippen LogP contribution in [0.4, 0.5) is 4.39 Å². The largest absolute Gasteiger partial charge is 0.472 e. The lowest BCUT2D eigenvalue weighted by Crippen LogP contribution is -2.39. The Morgan fingerprint density at radius 3 is 2.88 bits per heavy atom. The van der Waals surface area contributed by atoms with Crippen LogP contribution in [0.25, 0.3) is 0 Å². The van der Waals surface area contributed by atoms with Crippen LogP contribution in [0, 0.1) is 5.82 Å². The van der Waals surface area contributed by atoms with Gasteiger partial charge in [0.15, 0.2) is 12.1 Å². The van der Waals surface area contributed by atoms with E-state index in [9.17, 15) is 4.39 Å². The van der Waals surface area contributed by atoms with E-state index in [-0.39, 0.29) is 24.1 Å². The van der Waals surface area contributed by atoms with E-state index < -0.39 is 0 Å². The number of likely N-dealkylation sites (tertiary alicyclic amines) is 1. The first kappa shape index (κ1) is 17.6. The Morgan fingerprint density at radius 2 is 2.12 bits per heavy atom. The van der Waals surface area contributed by atoms with Crippen LogP contribution < -0.4 is 4.74 Å². The van der Waals surface area contributed by atoms with Crippen LogP contribution in [-0.4, -0.2) is 55.1 Å². The molecule has 0 aliphatic carbocycles. The molecule has 0 unspecified atom stereocenters. The van der Waals surface area contributed by atoms with Gasteiger partial charge in [-0.15, -0.1) is 0 Å². The number of ether oxygens (including phenoxy) is 3. The van der Waals surface area contributed by atoms with Crippen LogP contribution in [0.5, 0.6) is 5.88 Å². The Morgan fingerprint density at radius 1 is 1.25 bits per heavy atom. The minimum atomic E-state index is -0.387. The minimum absolute atomic E-state index is 0.00570. The highest BCUT2D eigenvalue weighted by atomic mass is 19.1. The third-order valence-corrected chi connectivity index (χ3v) is 4.60. The van der Waals surface area contributed by atoms with E-state index in [2.05, 4.69) is 9.88 Å². The van der Waals surface area contributed by atoms with Crippen LogP contribution in [0.3, 0.4) is 0 Å². The summed E-state index contributed by atoms with van der Waals surface area (Å²) < 4.78 is 30.6. The van der Waals surface area contributed by atoms with Crippen molar-refractivity contribution in [2.45, 2.75) is 50.9 Å². The van der Waals surface area contributed by atoms with Gasteiger partial charge in [-0.3, -0.25) is 0 Å². The SMILES string of the molecule is Fc1cccnc1OC1CCN(CCCO[C@@H]2CCCCO2)CC1. The fourth-order valence-electron chi connectivity index (χ4n) is 3.21. The first-order valence-corrected chi connectivity index (χ1v) is 9.04. The summed E-state index contributed by atoms with van der Waals surface area (Å²) in [6.07, 6.45) is 7.82. The van der Waals surface area contributed by atoms with Crippen molar-refractivity contribution in [1.82, 2.24) is 9.88 Å². The highest BCUT2D eigenvalue weighted by molar-refractivity contribution is 5.13. The van der Waals surface area contributed by atoms with Crippen LogP contribution in [-0.2, 0) is 9.47 Å². The molecule has 3 heterocycles. The molecule has 1 atom stereocenters. The van der Waals surface area contributed by atoms with Crippen LogP contribution >= 0.6 is 0 Å². The number of pyridine rings is 1. The highest BCUT2D eigenvalue weighted by Crippen LogP contribution is 2.20. The molecule has 0 bridgehead atoms. The Bertz CT molecular complexity index is 489. The molecule has 0 N–H and O–H groups in total. The zero-order valence-corrected chi connectivity index (χ0v) is 14.2. The lowest BCUT2D eigenvalue weighted by molar-refractivity contribution is -0.163. The van der Waals surface area contributed by atoms with Gasteiger partial charge in [-0.2, -0.15) is 0 Å². The minimum Gasteiger partial charge on any atom is -0.472 e. The van der Waals surface area contributed by atoms with Crippen LogP contribution in [0.1, 0.15) is 38.5 Å². The van der Waals surface area contributed by atoms with Gasteiger partial charge in [-0.05, 0) is 50.7 Å². The van der Waals surface area contributed by atoms with E-state index in [1.165, 1.54) is 12.5 Å². The summed E-state index contributed by atoms with van der Waals surface area (Å²) >= 11 is 0. The molecule has 1 aromatic rings. The molecule has 6 heteroatoms. The first-order chi connectivity index (χ1) is 11.8. The number of hydrogen-bond acceptors (Lipinski definition) is 5. The maximum absolute atomic E-state index is 13.6. The summed E-state index contributed by atoms with van der Waals surface area (Å²) in [4.78, 5) is 6.37. The zero-order valence-electron chi connectivity index (χ0n) is 14.2. The van der Waals surface area contributed by atoms with Crippen molar-refractivity contribution >= 4 is 0 Å². The topological polar surface area (TPSA) is 43.8 Å². The summed E-state index contributed by atoms with van der Waals surface area (Å²) in [6.45, 7) is 4.55. The monoisotopic (exact) mass is 338 g/mol. The molecule has 0 radical (unpaired) electrons. The number of rotatable bonds is 7. The van der Waals surface area contributed by atoms with Gasteiger partial charge in [0.05, 0.1) is 6.61 Å². The summed E-state index contributed by atoms with van der Waals surface area (Å²) in [5.41, 5.74) is 0.